The predicted molar refractivity (Wildman–Crippen MR) is 71.1 cm³/mol. The summed E-state index contributed by atoms with van der Waals surface area (Å²) in [6.45, 7) is 2.14. The number of carboxylic acids is 1. The molecule has 0 saturated carbocycles. The molecule has 0 radical (unpaired) electrons. The molecule has 0 bridgehead atoms. The molecule has 0 aliphatic rings. The Morgan fingerprint density at radius 2 is 2.20 bits per heavy atom. The molecule has 0 fully saturated rings. The van der Waals surface area contributed by atoms with Crippen molar-refractivity contribution in [3.05, 3.63) is 41.0 Å². The highest BCUT2D eigenvalue weighted by molar-refractivity contribution is 5.90. The number of nitrogens with zero attached hydrogens (tertiary/aromatic N) is 2. The molecule has 1 aromatic carbocycles. The van der Waals surface area contributed by atoms with Crippen LogP contribution in [0.15, 0.2) is 22.7 Å². The van der Waals surface area contributed by atoms with Crippen LogP contribution >= 0.6 is 0 Å². The minimum absolute atomic E-state index is 0.187. The Bertz CT molecular complexity index is 654. The van der Waals surface area contributed by atoms with Crippen LogP contribution in [0.4, 0.5) is 15.8 Å². The van der Waals surface area contributed by atoms with E-state index in [2.05, 4.69) is 5.16 Å². The van der Waals surface area contributed by atoms with E-state index in [1.54, 1.807) is 24.9 Å². The Labute approximate surface area is 114 Å². The van der Waals surface area contributed by atoms with Gasteiger partial charge >= 0.3 is 5.97 Å². The zero-order chi connectivity index (χ0) is 14.9. The lowest BCUT2D eigenvalue weighted by molar-refractivity contribution is 0.0692. The van der Waals surface area contributed by atoms with Gasteiger partial charge in [0.15, 0.2) is 0 Å². The Morgan fingerprint density at radius 3 is 2.75 bits per heavy atom. The van der Waals surface area contributed by atoms with Crippen LogP contribution in [0.2, 0.25) is 0 Å². The zero-order valence-corrected chi connectivity index (χ0v) is 11.1. The first kappa shape index (κ1) is 13.9. The molecular formula is C13H14FN3O3. The number of anilines is 2. The number of hydrogen-bond acceptors (Lipinski definition) is 5. The molecule has 0 aliphatic heterocycles. The molecule has 0 spiro atoms. The number of aromatic nitrogens is 1. The van der Waals surface area contributed by atoms with E-state index in [-0.39, 0.29) is 5.69 Å². The molecule has 7 heteroatoms. The average molecular weight is 279 g/mol. The molecule has 0 unspecified atom stereocenters. The van der Waals surface area contributed by atoms with E-state index in [0.717, 1.165) is 12.1 Å². The van der Waals surface area contributed by atoms with E-state index in [1.807, 2.05) is 0 Å². The molecule has 106 valence electrons. The number of nitrogens with two attached hydrogens (primary N) is 1. The molecule has 2 rings (SSSR count). The second-order valence-corrected chi connectivity index (χ2v) is 4.48. The number of carboxylic acid groups (broad SMARTS) is 1. The maximum atomic E-state index is 13.7. The fraction of sp³-hybridized carbons (Fsp3) is 0.231. The third-order valence-corrected chi connectivity index (χ3v) is 2.83. The van der Waals surface area contributed by atoms with Gasteiger partial charge in [-0.15, -0.1) is 0 Å². The number of nitrogen functional groups attached to an aromatic ring is 1. The molecule has 0 atom stereocenters. The number of aryl methyl sites for hydroxylation is 1. The van der Waals surface area contributed by atoms with Gasteiger partial charge in [0.1, 0.15) is 17.3 Å². The van der Waals surface area contributed by atoms with E-state index in [0.29, 0.717) is 23.7 Å². The molecule has 0 aliphatic carbocycles. The first-order valence-corrected chi connectivity index (χ1v) is 5.84. The fourth-order valence-corrected chi connectivity index (χ4v) is 1.89. The van der Waals surface area contributed by atoms with Gasteiger partial charge in [-0.25, -0.2) is 9.18 Å². The summed E-state index contributed by atoms with van der Waals surface area (Å²) in [6, 6.07) is 3.97. The SMILES string of the molecule is Cc1cc(CN(C)c2cc(F)c(C(=O)O)cc2N)no1. The molecule has 0 saturated heterocycles. The van der Waals surface area contributed by atoms with Crippen molar-refractivity contribution in [2.75, 3.05) is 17.7 Å². The van der Waals surface area contributed by atoms with Crippen molar-refractivity contribution in [2.45, 2.75) is 13.5 Å². The van der Waals surface area contributed by atoms with Gasteiger partial charge in [-0.3, -0.25) is 0 Å². The first-order chi connectivity index (χ1) is 9.38. The molecule has 6 nitrogen and oxygen atoms in total. The minimum atomic E-state index is -1.35. The summed E-state index contributed by atoms with van der Waals surface area (Å²) in [7, 11) is 1.70. The lowest BCUT2D eigenvalue weighted by atomic mass is 10.1. The summed E-state index contributed by atoms with van der Waals surface area (Å²) in [5.74, 6) is -1.51. The van der Waals surface area contributed by atoms with Gasteiger partial charge in [-0.2, -0.15) is 0 Å². The summed E-state index contributed by atoms with van der Waals surface area (Å²) < 4.78 is 18.6. The fourth-order valence-electron chi connectivity index (χ4n) is 1.89. The van der Waals surface area contributed by atoms with E-state index < -0.39 is 17.3 Å². The highest BCUT2D eigenvalue weighted by Crippen LogP contribution is 2.27. The molecular weight excluding hydrogens is 265 g/mol. The Kier molecular flexibility index (Phi) is 3.60. The van der Waals surface area contributed by atoms with Crippen molar-refractivity contribution in [1.82, 2.24) is 5.16 Å². The lowest BCUT2D eigenvalue weighted by Gasteiger charge is -2.20. The minimum Gasteiger partial charge on any atom is -0.478 e. The van der Waals surface area contributed by atoms with Crippen LogP contribution in [0.1, 0.15) is 21.8 Å². The van der Waals surface area contributed by atoms with Crippen LogP contribution in [0.5, 0.6) is 0 Å². The van der Waals surface area contributed by atoms with E-state index in [4.69, 9.17) is 15.4 Å². The number of hydrogen-bond donors (Lipinski definition) is 2. The van der Waals surface area contributed by atoms with E-state index >= 15 is 0 Å². The van der Waals surface area contributed by atoms with Crippen LogP contribution < -0.4 is 10.6 Å². The highest BCUT2D eigenvalue weighted by Gasteiger charge is 2.16. The second-order valence-electron chi connectivity index (χ2n) is 4.48. The van der Waals surface area contributed by atoms with Crippen LogP contribution in [-0.4, -0.2) is 23.3 Å². The van der Waals surface area contributed by atoms with Crippen LogP contribution in [0.3, 0.4) is 0 Å². The molecule has 2 aromatic rings. The van der Waals surface area contributed by atoms with Crippen LogP contribution in [0, 0.1) is 12.7 Å². The molecule has 1 aromatic heterocycles. The smallest absolute Gasteiger partial charge is 0.338 e. The van der Waals surface area contributed by atoms with Crippen molar-refractivity contribution in [1.29, 1.82) is 0 Å². The highest BCUT2D eigenvalue weighted by atomic mass is 19.1. The second kappa shape index (κ2) is 5.20. The predicted octanol–water partition coefficient (Wildman–Crippen LogP) is 2.04. The van der Waals surface area contributed by atoms with Gasteiger partial charge in [0, 0.05) is 19.2 Å². The van der Waals surface area contributed by atoms with Crippen molar-refractivity contribution in [3.63, 3.8) is 0 Å². The van der Waals surface area contributed by atoms with Gasteiger partial charge in [0.05, 0.1) is 23.5 Å². The number of halogens is 1. The first-order valence-electron chi connectivity index (χ1n) is 5.84. The van der Waals surface area contributed by atoms with Crippen LogP contribution in [0.25, 0.3) is 0 Å². The zero-order valence-electron chi connectivity index (χ0n) is 11.1. The van der Waals surface area contributed by atoms with Crippen molar-refractivity contribution >= 4 is 17.3 Å². The van der Waals surface area contributed by atoms with E-state index in [9.17, 15) is 9.18 Å². The number of benzene rings is 1. The normalized spacial score (nSPS) is 10.6. The molecule has 0 amide bonds. The Morgan fingerprint density at radius 1 is 1.50 bits per heavy atom. The van der Waals surface area contributed by atoms with Crippen molar-refractivity contribution in [3.8, 4) is 0 Å². The average Bonchev–Trinajstić information content (AvgIpc) is 2.76. The van der Waals surface area contributed by atoms with Crippen molar-refractivity contribution in [2.24, 2.45) is 0 Å². The quantitative estimate of drug-likeness (QED) is 0.832. The van der Waals surface area contributed by atoms with Gasteiger partial charge in [0.2, 0.25) is 0 Å². The molecule has 1 heterocycles. The number of rotatable bonds is 4. The van der Waals surface area contributed by atoms with Gasteiger partial charge in [-0.1, -0.05) is 5.16 Å². The Hall–Kier alpha value is -2.57. The van der Waals surface area contributed by atoms with E-state index in [1.165, 1.54) is 0 Å². The number of aromatic carboxylic acids is 1. The summed E-state index contributed by atoms with van der Waals surface area (Å²) >= 11 is 0. The van der Waals surface area contributed by atoms with Gasteiger partial charge in [0.25, 0.3) is 0 Å². The maximum absolute atomic E-state index is 13.7. The summed E-state index contributed by atoms with van der Waals surface area (Å²) in [5.41, 5.74) is 6.58. The third kappa shape index (κ3) is 2.71. The maximum Gasteiger partial charge on any atom is 0.338 e. The summed E-state index contributed by atoms with van der Waals surface area (Å²) in [6.07, 6.45) is 0. The molecule has 3 N–H and O–H groups in total. The summed E-state index contributed by atoms with van der Waals surface area (Å²) in [5, 5.41) is 12.7. The largest absolute Gasteiger partial charge is 0.478 e. The van der Waals surface area contributed by atoms with Crippen molar-refractivity contribution < 1.29 is 18.8 Å². The summed E-state index contributed by atoms with van der Waals surface area (Å²) in [4.78, 5) is 12.5. The van der Waals surface area contributed by atoms with Crippen LogP contribution in [-0.2, 0) is 6.54 Å². The molecule has 20 heavy (non-hydrogen) atoms. The lowest BCUT2D eigenvalue weighted by Crippen LogP contribution is -2.19. The topological polar surface area (TPSA) is 92.6 Å². The monoisotopic (exact) mass is 279 g/mol. The number of carbonyl (C=O) groups is 1. The Balaban J connectivity index is 2.28. The standard InChI is InChI=1S/C13H14FN3O3/c1-7-3-8(16-20-7)6-17(2)12-5-10(14)9(13(18)19)4-11(12)15/h3-5H,6,15H2,1-2H3,(H,18,19). The third-order valence-electron chi connectivity index (χ3n) is 2.83. The van der Waals surface area contributed by atoms with Gasteiger partial charge in [-0.05, 0) is 13.0 Å². The van der Waals surface area contributed by atoms with Gasteiger partial charge < -0.3 is 20.3 Å².